The van der Waals surface area contributed by atoms with Gasteiger partial charge in [0.05, 0.1) is 0 Å². The molecule has 0 unspecified atom stereocenters. The molecule has 8 N–H and O–H groups in total. The number of rotatable bonds is 1. The van der Waals surface area contributed by atoms with Crippen LogP contribution in [-0.2, 0) is 20.0 Å². The van der Waals surface area contributed by atoms with E-state index in [1.807, 2.05) is 0 Å². The lowest BCUT2D eigenvalue weighted by Gasteiger charge is -1.93. The molecule has 13 heteroatoms. The average Bonchev–Trinajstić information content (AvgIpc) is 2.13. The molecule has 18 heavy (non-hydrogen) atoms. The van der Waals surface area contributed by atoms with Crippen molar-refractivity contribution in [3.63, 3.8) is 0 Å². The third kappa shape index (κ3) is 19.2. The summed E-state index contributed by atoms with van der Waals surface area (Å²) in [5, 5.41) is 0. The summed E-state index contributed by atoms with van der Waals surface area (Å²) in [6.45, 7) is 0. The van der Waals surface area contributed by atoms with Gasteiger partial charge in [-0.25, -0.2) is 0 Å². The highest BCUT2D eigenvalue weighted by Crippen LogP contribution is 1.97. The summed E-state index contributed by atoms with van der Waals surface area (Å²) >= 11 is 0. The van der Waals surface area contributed by atoms with E-state index in [0.717, 1.165) is 0 Å². The first-order valence-corrected chi connectivity index (χ1v) is 5.11. The van der Waals surface area contributed by atoms with Crippen molar-refractivity contribution in [3.8, 4) is 0 Å². The van der Waals surface area contributed by atoms with Gasteiger partial charge in [0, 0.05) is 0 Å². The van der Waals surface area contributed by atoms with Crippen LogP contribution >= 0.6 is 0 Å². The van der Waals surface area contributed by atoms with E-state index in [1.165, 1.54) is 0 Å². The Bertz CT molecular complexity index is 425. The van der Waals surface area contributed by atoms with Crippen LogP contribution in [0.15, 0.2) is 0 Å². The molecule has 0 spiro atoms. The Morgan fingerprint density at radius 2 is 1.00 bits per heavy atom. The minimum atomic E-state index is -4.67. The second-order valence-electron chi connectivity index (χ2n) is 2.13. The number of nitrogens with zero attached hydrogens (tertiary/aromatic N) is 3. The third-order valence-corrected chi connectivity index (χ3v) is 0.743. The van der Waals surface area contributed by atoms with Crippen LogP contribution in [-0.4, -0.2) is 45.0 Å². The maximum Gasteiger partial charge on any atom is 0.394 e. The van der Waals surface area contributed by atoms with Gasteiger partial charge >= 0.3 is 10.4 Å². The van der Waals surface area contributed by atoms with Crippen LogP contribution in [0.3, 0.4) is 0 Å². The zero-order chi connectivity index (χ0) is 14.8. The number of nitrogen functional groups attached to an aromatic ring is 3. The molecule has 0 aliphatic heterocycles. The predicted octanol–water partition coefficient (Wildman–Crippen LogP) is -2.65. The maximum absolute atomic E-state index is 8.81. The standard InChI is InChI=1S/C3H6N6.C2H2O2.H2O4S/c4-1-7-2(5)9-3(6)8-1;3-1-2-4;1-5(2,3)4/h(H6,4,5,6,7,8,9);1-2H;(H2,1,2,3,4). The molecule has 12 nitrogen and oxygen atoms in total. The van der Waals surface area contributed by atoms with Crippen molar-refractivity contribution in [2.24, 2.45) is 0 Å². The smallest absolute Gasteiger partial charge is 0.368 e. The van der Waals surface area contributed by atoms with Crippen LogP contribution in [0.4, 0.5) is 17.8 Å². The van der Waals surface area contributed by atoms with Gasteiger partial charge in [-0.15, -0.1) is 0 Å². The number of aldehydes is 2. The second-order valence-corrected chi connectivity index (χ2v) is 3.03. The Kier molecular flexibility index (Phi) is 8.73. The molecule has 0 fully saturated rings. The lowest BCUT2D eigenvalue weighted by atomic mass is 10.9. The van der Waals surface area contributed by atoms with Crippen molar-refractivity contribution in [3.05, 3.63) is 0 Å². The Labute approximate surface area is 101 Å². The molecule has 0 saturated heterocycles. The molecule has 0 saturated carbocycles. The molecule has 0 bridgehead atoms. The maximum atomic E-state index is 8.81. The Balaban J connectivity index is 0. The van der Waals surface area contributed by atoms with Crippen LogP contribution in [0.1, 0.15) is 0 Å². The first-order valence-electron chi connectivity index (χ1n) is 3.71. The third-order valence-electron chi connectivity index (χ3n) is 0.743. The van der Waals surface area contributed by atoms with Crippen molar-refractivity contribution in [2.75, 3.05) is 17.2 Å². The molecular formula is C5H10N6O6S. The van der Waals surface area contributed by atoms with Crippen LogP contribution in [0.2, 0.25) is 0 Å². The van der Waals surface area contributed by atoms with E-state index in [0.29, 0.717) is 0 Å². The molecule has 0 aliphatic rings. The number of hydrogen-bond donors (Lipinski definition) is 5. The van der Waals surface area contributed by atoms with Gasteiger partial charge in [0.1, 0.15) is 0 Å². The number of hydrogen-bond acceptors (Lipinski definition) is 10. The summed E-state index contributed by atoms with van der Waals surface area (Å²) in [5.74, 6) is 0.125. The summed E-state index contributed by atoms with van der Waals surface area (Å²) in [6, 6.07) is 0. The van der Waals surface area contributed by atoms with Gasteiger partial charge in [0.2, 0.25) is 17.8 Å². The molecule has 1 aromatic heterocycles. The van der Waals surface area contributed by atoms with Gasteiger partial charge in [0.25, 0.3) is 0 Å². The monoisotopic (exact) mass is 282 g/mol. The fraction of sp³-hybridized carbons (Fsp3) is 0. The zero-order valence-corrected chi connectivity index (χ0v) is 9.48. The van der Waals surface area contributed by atoms with Gasteiger partial charge in [-0.2, -0.15) is 23.4 Å². The van der Waals surface area contributed by atoms with E-state index in [-0.39, 0.29) is 30.4 Å². The summed E-state index contributed by atoms with van der Waals surface area (Å²) < 4.78 is 31.6. The van der Waals surface area contributed by atoms with E-state index in [4.69, 9.17) is 44.3 Å². The molecule has 1 heterocycles. The fourth-order valence-electron chi connectivity index (χ4n) is 0.427. The summed E-state index contributed by atoms with van der Waals surface area (Å²) in [7, 11) is -4.67. The molecule has 0 atom stereocenters. The van der Waals surface area contributed by atoms with Crippen molar-refractivity contribution in [2.45, 2.75) is 0 Å². The lowest BCUT2D eigenvalue weighted by Crippen LogP contribution is -2.05. The number of nitrogens with two attached hydrogens (primary N) is 3. The van der Waals surface area contributed by atoms with Crippen molar-refractivity contribution < 1.29 is 27.1 Å². The molecule has 1 aromatic rings. The fourth-order valence-corrected chi connectivity index (χ4v) is 0.427. The lowest BCUT2D eigenvalue weighted by molar-refractivity contribution is -0.122. The van der Waals surface area contributed by atoms with Gasteiger partial charge in [0.15, 0.2) is 12.6 Å². The largest absolute Gasteiger partial charge is 0.394 e. The van der Waals surface area contributed by atoms with Crippen molar-refractivity contribution in [1.29, 1.82) is 0 Å². The number of carbonyl (C=O) groups excluding carboxylic acids is 2. The second kappa shape index (κ2) is 8.74. The molecule has 102 valence electrons. The highest BCUT2D eigenvalue weighted by atomic mass is 32.3. The van der Waals surface area contributed by atoms with Gasteiger partial charge in [-0.05, 0) is 0 Å². The number of aromatic nitrogens is 3. The topological polar surface area (TPSA) is 225 Å². The SMILES string of the molecule is Nc1nc(N)nc(N)n1.O=CC=O.O=S(=O)(O)O. The summed E-state index contributed by atoms with van der Waals surface area (Å²) in [6.07, 6.45) is 0.389. The Hall–Kier alpha value is -2.38. The Morgan fingerprint density at radius 1 is 0.833 bits per heavy atom. The summed E-state index contributed by atoms with van der Waals surface area (Å²) in [5.41, 5.74) is 15.4. The van der Waals surface area contributed by atoms with Crippen LogP contribution < -0.4 is 17.2 Å². The van der Waals surface area contributed by atoms with E-state index in [9.17, 15) is 0 Å². The number of carbonyl (C=O) groups is 2. The molecule has 0 aliphatic carbocycles. The zero-order valence-electron chi connectivity index (χ0n) is 8.66. The molecule has 0 amide bonds. The highest BCUT2D eigenvalue weighted by molar-refractivity contribution is 7.79. The summed E-state index contributed by atoms with van der Waals surface area (Å²) in [4.78, 5) is 28.1. The van der Waals surface area contributed by atoms with E-state index in [2.05, 4.69) is 15.0 Å². The minimum absolute atomic E-state index is 0.0417. The van der Waals surface area contributed by atoms with E-state index < -0.39 is 10.4 Å². The van der Waals surface area contributed by atoms with Crippen molar-refractivity contribution >= 4 is 40.8 Å². The van der Waals surface area contributed by atoms with Crippen molar-refractivity contribution in [1.82, 2.24) is 15.0 Å². The number of anilines is 3. The van der Waals surface area contributed by atoms with Gasteiger partial charge < -0.3 is 17.2 Å². The molecular weight excluding hydrogens is 272 g/mol. The predicted molar refractivity (Wildman–Crippen MR) is 59.4 cm³/mol. The first-order chi connectivity index (χ1) is 8.10. The van der Waals surface area contributed by atoms with Crippen LogP contribution in [0.25, 0.3) is 0 Å². The normalized spacial score (nSPS) is 9.00. The quantitative estimate of drug-likeness (QED) is 0.202. The van der Waals surface area contributed by atoms with E-state index in [1.54, 1.807) is 0 Å². The van der Waals surface area contributed by atoms with Crippen LogP contribution in [0.5, 0.6) is 0 Å². The molecule has 0 radical (unpaired) electrons. The van der Waals surface area contributed by atoms with Crippen LogP contribution in [0, 0.1) is 0 Å². The molecule has 1 rings (SSSR count). The van der Waals surface area contributed by atoms with Gasteiger partial charge in [-0.1, -0.05) is 0 Å². The highest BCUT2D eigenvalue weighted by Gasteiger charge is 1.93. The van der Waals surface area contributed by atoms with Gasteiger partial charge in [-0.3, -0.25) is 18.7 Å². The minimum Gasteiger partial charge on any atom is -0.368 e. The average molecular weight is 282 g/mol. The first kappa shape index (κ1) is 18.0. The van der Waals surface area contributed by atoms with E-state index >= 15 is 0 Å². The Morgan fingerprint density at radius 3 is 1.11 bits per heavy atom. The molecule has 0 aromatic carbocycles.